The van der Waals surface area contributed by atoms with E-state index in [1.807, 2.05) is 0 Å². The van der Waals surface area contributed by atoms with Gasteiger partial charge in [0, 0.05) is 0 Å². The van der Waals surface area contributed by atoms with Gasteiger partial charge >= 0.3 is 0 Å². The van der Waals surface area contributed by atoms with Crippen molar-refractivity contribution < 1.29 is 5.11 Å². The van der Waals surface area contributed by atoms with Gasteiger partial charge < -0.3 is 5.11 Å². The van der Waals surface area contributed by atoms with E-state index < -0.39 is 0 Å². The van der Waals surface area contributed by atoms with E-state index in [-0.39, 0.29) is 6.10 Å². The van der Waals surface area contributed by atoms with Gasteiger partial charge in [0.25, 0.3) is 0 Å². The van der Waals surface area contributed by atoms with E-state index in [0.29, 0.717) is 11.8 Å². The average Bonchev–Trinajstić information content (AvgIpc) is 2.53. The summed E-state index contributed by atoms with van der Waals surface area (Å²) in [5.41, 5.74) is 0. The van der Waals surface area contributed by atoms with E-state index in [1.54, 1.807) is 0 Å². The van der Waals surface area contributed by atoms with Gasteiger partial charge in [-0.2, -0.15) is 0 Å². The quantitative estimate of drug-likeness (QED) is 0.755. The molecule has 116 valence electrons. The minimum absolute atomic E-state index is 0.0168. The molecule has 3 fully saturated rings. The van der Waals surface area contributed by atoms with Gasteiger partial charge in [-0.25, -0.2) is 0 Å². The van der Waals surface area contributed by atoms with Crippen LogP contribution in [-0.4, -0.2) is 11.2 Å². The molecule has 3 saturated carbocycles. The standard InChI is InChI=1S/C19H34O/c1-2-14-7-5-6-10-18(14)19(20)17-12-11-15-8-3-4-9-16(15)13-17/h14-20H,2-13H2,1H3. The van der Waals surface area contributed by atoms with Gasteiger partial charge in [0.1, 0.15) is 0 Å². The summed E-state index contributed by atoms with van der Waals surface area (Å²) in [5.74, 6) is 4.04. The number of rotatable bonds is 3. The second kappa shape index (κ2) is 6.81. The molecule has 6 atom stereocenters. The highest BCUT2D eigenvalue weighted by Gasteiger charge is 2.39. The van der Waals surface area contributed by atoms with E-state index in [2.05, 4.69) is 6.92 Å². The molecule has 0 aromatic heterocycles. The van der Waals surface area contributed by atoms with Gasteiger partial charge in [0.15, 0.2) is 0 Å². The summed E-state index contributed by atoms with van der Waals surface area (Å²) >= 11 is 0. The predicted octanol–water partition coefficient (Wildman–Crippen LogP) is 5.17. The van der Waals surface area contributed by atoms with E-state index in [1.165, 1.54) is 77.0 Å². The zero-order valence-corrected chi connectivity index (χ0v) is 13.4. The monoisotopic (exact) mass is 278 g/mol. The van der Waals surface area contributed by atoms with Crippen LogP contribution in [0.5, 0.6) is 0 Å². The van der Waals surface area contributed by atoms with Crippen LogP contribution in [0.4, 0.5) is 0 Å². The van der Waals surface area contributed by atoms with Crippen LogP contribution < -0.4 is 0 Å². The van der Waals surface area contributed by atoms with Crippen LogP contribution in [0.1, 0.15) is 84.0 Å². The Morgan fingerprint density at radius 3 is 2.35 bits per heavy atom. The Kier molecular flexibility index (Phi) is 5.07. The largest absolute Gasteiger partial charge is 0.393 e. The van der Waals surface area contributed by atoms with Crippen molar-refractivity contribution in [2.75, 3.05) is 0 Å². The van der Waals surface area contributed by atoms with Crippen LogP contribution in [-0.2, 0) is 0 Å². The van der Waals surface area contributed by atoms with E-state index in [9.17, 15) is 5.11 Å². The Labute approximate surface area is 125 Å². The lowest BCUT2D eigenvalue weighted by atomic mass is 9.63. The Balaban J connectivity index is 1.60. The summed E-state index contributed by atoms with van der Waals surface area (Å²) in [4.78, 5) is 0. The fraction of sp³-hybridized carbons (Fsp3) is 1.00. The second-order valence-corrected chi connectivity index (χ2v) is 7.98. The third-order valence-electron chi connectivity index (χ3n) is 6.99. The first kappa shape index (κ1) is 14.9. The van der Waals surface area contributed by atoms with Crippen LogP contribution in [0.25, 0.3) is 0 Å². The van der Waals surface area contributed by atoms with Crippen molar-refractivity contribution in [2.24, 2.45) is 29.6 Å². The zero-order valence-electron chi connectivity index (χ0n) is 13.4. The van der Waals surface area contributed by atoms with E-state index in [4.69, 9.17) is 0 Å². The molecule has 0 bridgehead atoms. The minimum atomic E-state index is 0.0168. The molecule has 6 unspecified atom stereocenters. The highest BCUT2D eigenvalue weighted by Crippen LogP contribution is 2.46. The molecule has 1 nitrogen and oxygen atoms in total. The number of aliphatic hydroxyl groups excluding tert-OH is 1. The van der Waals surface area contributed by atoms with Crippen molar-refractivity contribution in [1.82, 2.24) is 0 Å². The average molecular weight is 278 g/mol. The molecular formula is C19H34O. The maximum atomic E-state index is 11.0. The van der Waals surface area contributed by atoms with Crippen molar-refractivity contribution in [3.63, 3.8) is 0 Å². The minimum Gasteiger partial charge on any atom is -0.393 e. The smallest absolute Gasteiger partial charge is 0.0599 e. The van der Waals surface area contributed by atoms with Crippen molar-refractivity contribution in [1.29, 1.82) is 0 Å². The number of hydrogen-bond donors (Lipinski definition) is 1. The van der Waals surface area contributed by atoms with Gasteiger partial charge in [0.2, 0.25) is 0 Å². The summed E-state index contributed by atoms with van der Waals surface area (Å²) in [6.07, 6.45) is 16.6. The van der Waals surface area contributed by atoms with Crippen LogP contribution in [0.15, 0.2) is 0 Å². The lowest BCUT2D eigenvalue weighted by Crippen LogP contribution is -2.40. The van der Waals surface area contributed by atoms with Crippen LogP contribution in [0, 0.1) is 29.6 Å². The first-order valence-corrected chi connectivity index (χ1v) is 9.47. The first-order chi connectivity index (χ1) is 9.79. The van der Waals surface area contributed by atoms with Crippen LogP contribution >= 0.6 is 0 Å². The summed E-state index contributed by atoms with van der Waals surface area (Å²) < 4.78 is 0. The maximum Gasteiger partial charge on any atom is 0.0599 e. The van der Waals surface area contributed by atoms with Crippen LogP contribution in [0.2, 0.25) is 0 Å². The molecule has 0 amide bonds. The molecular weight excluding hydrogens is 244 g/mol. The number of fused-ring (bicyclic) bond motifs is 1. The van der Waals surface area contributed by atoms with Gasteiger partial charge in [-0.3, -0.25) is 0 Å². The normalized spacial score (nSPS) is 43.8. The molecule has 3 rings (SSSR count). The first-order valence-electron chi connectivity index (χ1n) is 9.47. The van der Waals surface area contributed by atoms with Gasteiger partial charge in [0.05, 0.1) is 6.10 Å². The fourth-order valence-corrected chi connectivity index (χ4v) is 5.76. The van der Waals surface area contributed by atoms with Crippen molar-refractivity contribution in [3.05, 3.63) is 0 Å². The molecule has 3 aliphatic rings. The third kappa shape index (κ3) is 3.08. The molecule has 1 N–H and O–H groups in total. The SMILES string of the molecule is CCC1CCCCC1C(O)C1CCC2CCCCC2C1. The highest BCUT2D eigenvalue weighted by molar-refractivity contribution is 4.90. The van der Waals surface area contributed by atoms with Crippen molar-refractivity contribution >= 4 is 0 Å². The lowest BCUT2D eigenvalue weighted by Gasteiger charge is -2.44. The van der Waals surface area contributed by atoms with Gasteiger partial charge in [-0.1, -0.05) is 58.3 Å². The topological polar surface area (TPSA) is 20.2 Å². The predicted molar refractivity (Wildman–Crippen MR) is 84.5 cm³/mol. The van der Waals surface area contributed by atoms with Crippen molar-refractivity contribution in [3.8, 4) is 0 Å². The highest BCUT2D eigenvalue weighted by atomic mass is 16.3. The summed E-state index contributed by atoms with van der Waals surface area (Å²) in [7, 11) is 0. The van der Waals surface area contributed by atoms with Crippen molar-refractivity contribution in [2.45, 2.75) is 90.1 Å². The molecule has 20 heavy (non-hydrogen) atoms. The Hall–Kier alpha value is -0.0400. The van der Waals surface area contributed by atoms with Crippen LogP contribution in [0.3, 0.4) is 0 Å². The Morgan fingerprint density at radius 1 is 0.850 bits per heavy atom. The maximum absolute atomic E-state index is 11.0. The molecule has 0 aromatic rings. The molecule has 0 aromatic carbocycles. The fourth-order valence-electron chi connectivity index (χ4n) is 5.76. The molecule has 0 heterocycles. The number of aliphatic hydroxyl groups is 1. The van der Waals surface area contributed by atoms with E-state index in [0.717, 1.165) is 17.8 Å². The molecule has 3 aliphatic carbocycles. The number of hydrogen-bond acceptors (Lipinski definition) is 1. The Bertz CT molecular complexity index is 300. The van der Waals surface area contributed by atoms with Gasteiger partial charge in [-0.05, 0) is 55.3 Å². The molecule has 0 saturated heterocycles. The molecule has 0 radical (unpaired) electrons. The molecule has 1 heteroatoms. The molecule has 0 aliphatic heterocycles. The summed E-state index contributed by atoms with van der Waals surface area (Å²) in [5, 5.41) is 11.0. The third-order valence-corrected chi connectivity index (χ3v) is 6.99. The molecule has 0 spiro atoms. The summed E-state index contributed by atoms with van der Waals surface area (Å²) in [6.45, 7) is 2.33. The Morgan fingerprint density at radius 2 is 1.55 bits per heavy atom. The van der Waals surface area contributed by atoms with E-state index >= 15 is 0 Å². The zero-order chi connectivity index (χ0) is 13.9. The lowest BCUT2D eigenvalue weighted by molar-refractivity contribution is -0.0293. The summed E-state index contributed by atoms with van der Waals surface area (Å²) in [6, 6.07) is 0. The van der Waals surface area contributed by atoms with Gasteiger partial charge in [-0.15, -0.1) is 0 Å². The second-order valence-electron chi connectivity index (χ2n) is 7.98.